The number of carboxylic acids is 1. The zero-order valence-electron chi connectivity index (χ0n) is 12.6. The van der Waals surface area contributed by atoms with Gasteiger partial charge in [-0.25, -0.2) is 0 Å². The van der Waals surface area contributed by atoms with E-state index in [9.17, 15) is 9.59 Å². The number of carbonyl (C=O) groups is 2. The Morgan fingerprint density at radius 3 is 2.43 bits per heavy atom. The third kappa shape index (κ3) is 2.91. The van der Waals surface area contributed by atoms with Crippen molar-refractivity contribution in [2.75, 3.05) is 6.54 Å². The molecule has 21 heavy (non-hydrogen) atoms. The highest BCUT2D eigenvalue weighted by Crippen LogP contribution is 2.26. The molecule has 1 heterocycles. The summed E-state index contributed by atoms with van der Waals surface area (Å²) < 4.78 is 5.45. The normalized spacial score (nSPS) is 11.1. The molecule has 0 saturated carbocycles. The fourth-order valence-electron chi connectivity index (χ4n) is 2.24. The van der Waals surface area contributed by atoms with Crippen LogP contribution in [0.3, 0.4) is 0 Å². The number of furan rings is 1. The second-order valence-corrected chi connectivity index (χ2v) is 5.50. The monoisotopic (exact) mass is 289 g/mol. The largest absolute Gasteiger partial charge is 0.480 e. The number of aliphatic carboxylic acids is 1. The first-order chi connectivity index (χ1) is 9.81. The lowest BCUT2D eigenvalue weighted by Gasteiger charge is -2.24. The van der Waals surface area contributed by atoms with Gasteiger partial charge in [-0.2, -0.15) is 0 Å². The van der Waals surface area contributed by atoms with Gasteiger partial charge in [-0.15, -0.1) is 0 Å². The molecule has 1 N–H and O–H groups in total. The zero-order valence-corrected chi connectivity index (χ0v) is 12.6. The van der Waals surface area contributed by atoms with Gasteiger partial charge in [0.05, 0.1) is 5.56 Å². The maximum Gasteiger partial charge on any atom is 0.323 e. The van der Waals surface area contributed by atoms with Crippen molar-refractivity contribution in [3.05, 3.63) is 35.1 Å². The summed E-state index contributed by atoms with van der Waals surface area (Å²) in [5.41, 5.74) is 3.19. The van der Waals surface area contributed by atoms with Crippen molar-refractivity contribution in [1.29, 1.82) is 0 Å². The molecule has 0 aliphatic heterocycles. The highest BCUT2D eigenvalue weighted by Gasteiger charge is 2.24. The van der Waals surface area contributed by atoms with Crippen LogP contribution < -0.4 is 0 Å². The molecule has 0 atom stereocenters. The molecule has 0 bridgehead atoms. The Morgan fingerprint density at radius 1 is 1.24 bits per heavy atom. The van der Waals surface area contributed by atoms with Crippen LogP contribution in [0.2, 0.25) is 0 Å². The third-order valence-electron chi connectivity index (χ3n) is 3.61. The molecule has 5 heteroatoms. The third-order valence-corrected chi connectivity index (χ3v) is 3.61. The van der Waals surface area contributed by atoms with Crippen molar-refractivity contribution < 1.29 is 19.1 Å². The quantitative estimate of drug-likeness (QED) is 0.939. The van der Waals surface area contributed by atoms with E-state index in [-0.39, 0.29) is 18.5 Å². The minimum absolute atomic E-state index is 0.204. The molecule has 1 aromatic heterocycles. The predicted molar refractivity (Wildman–Crippen MR) is 79.5 cm³/mol. The first kappa shape index (κ1) is 15.1. The van der Waals surface area contributed by atoms with Crippen molar-refractivity contribution in [1.82, 2.24) is 4.90 Å². The van der Waals surface area contributed by atoms with E-state index in [0.29, 0.717) is 11.1 Å². The van der Waals surface area contributed by atoms with E-state index in [2.05, 4.69) is 0 Å². The number of carboxylic acid groups (broad SMARTS) is 1. The molecule has 1 amide bonds. The summed E-state index contributed by atoms with van der Waals surface area (Å²) in [5, 5.41) is 9.68. The second-order valence-electron chi connectivity index (χ2n) is 5.50. The predicted octanol–water partition coefficient (Wildman–Crippen LogP) is 2.98. The van der Waals surface area contributed by atoms with Gasteiger partial charge in [0.15, 0.2) is 0 Å². The Kier molecular flexibility index (Phi) is 4.02. The average molecular weight is 289 g/mol. The molecule has 0 radical (unpaired) electrons. The Hall–Kier alpha value is -2.30. The van der Waals surface area contributed by atoms with Crippen LogP contribution in [0.15, 0.2) is 22.8 Å². The Bertz CT molecular complexity index is 700. The summed E-state index contributed by atoms with van der Waals surface area (Å²) in [4.78, 5) is 24.9. The molecule has 0 fully saturated rings. The van der Waals surface area contributed by atoms with Crippen LogP contribution >= 0.6 is 0 Å². The summed E-state index contributed by atoms with van der Waals surface area (Å²) in [7, 11) is 0. The van der Waals surface area contributed by atoms with Crippen molar-refractivity contribution in [3.63, 3.8) is 0 Å². The van der Waals surface area contributed by atoms with Crippen molar-refractivity contribution in [3.8, 4) is 0 Å². The van der Waals surface area contributed by atoms with E-state index >= 15 is 0 Å². The maximum absolute atomic E-state index is 12.6. The summed E-state index contributed by atoms with van der Waals surface area (Å²) in [5.74, 6) is -1.36. The topological polar surface area (TPSA) is 70.8 Å². The molecule has 0 saturated heterocycles. The second kappa shape index (κ2) is 5.60. The number of hydrogen-bond acceptors (Lipinski definition) is 3. The number of nitrogens with zero attached hydrogens (tertiary/aromatic N) is 1. The van der Waals surface area contributed by atoms with Crippen LogP contribution in [-0.2, 0) is 4.79 Å². The van der Waals surface area contributed by atoms with Crippen LogP contribution in [0.5, 0.6) is 0 Å². The maximum atomic E-state index is 12.6. The van der Waals surface area contributed by atoms with Crippen LogP contribution in [0.1, 0.15) is 35.3 Å². The lowest BCUT2D eigenvalue weighted by Crippen LogP contribution is -2.40. The fourth-order valence-corrected chi connectivity index (χ4v) is 2.24. The molecular weight excluding hydrogens is 270 g/mol. The summed E-state index contributed by atoms with van der Waals surface area (Å²) in [6, 6.07) is 3.59. The van der Waals surface area contributed by atoms with Crippen LogP contribution in [0, 0.1) is 13.8 Å². The molecule has 2 rings (SSSR count). The lowest BCUT2D eigenvalue weighted by atomic mass is 10.0. The van der Waals surface area contributed by atoms with E-state index in [4.69, 9.17) is 9.52 Å². The highest BCUT2D eigenvalue weighted by molar-refractivity contribution is 6.07. The molecule has 0 aliphatic carbocycles. The summed E-state index contributed by atoms with van der Waals surface area (Å²) >= 11 is 0. The Labute approximate surface area is 123 Å². The van der Waals surface area contributed by atoms with Gasteiger partial charge in [0.2, 0.25) is 0 Å². The molecule has 0 aliphatic rings. The fraction of sp³-hybridized carbons (Fsp3) is 0.375. The van der Waals surface area contributed by atoms with E-state index in [1.807, 2.05) is 26.0 Å². The van der Waals surface area contributed by atoms with Gasteiger partial charge in [0.1, 0.15) is 18.4 Å². The number of fused-ring (bicyclic) bond motifs is 1. The van der Waals surface area contributed by atoms with E-state index in [1.54, 1.807) is 13.8 Å². The number of aryl methyl sites for hydroxylation is 2. The number of hydrogen-bond donors (Lipinski definition) is 1. The summed E-state index contributed by atoms with van der Waals surface area (Å²) in [6.07, 6.45) is 1.41. The molecule has 112 valence electrons. The smallest absolute Gasteiger partial charge is 0.323 e. The van der Waals surface area contributed by atoms with Gasteiger partial charge in [-0.05, 0) is 51.0 Å². The van der Waals surface area contributed by atoms with Crippen LogP contribution in [-0.4, -0.2) is 34.5 Å². The number of amides is 1. The number of carbonyl (C=O) groups excluding carboxylic acids is 1. The van der Waals surface area contributed by atoms with Crippen LogP contribution in [0.4, 0.5) is 0 Å². The number of benzene rings is 1. The number of rotatable bonds is 4. The van der Waals surface area contributed by atoms with Gasteiger partial charge < -0.3 is 14.4 Å². The average Bonchev–Trinajstić information content (AvgIpc) is 2.78. The Balaban J connectivity index is 2.47. The zero-order chi connectivity index (χ0) is 15.7. The van der Waals surface area contributed by atoms with Crippen LogP contribution in [0.25, 0.3) is 11.0 Å². The SMILES string of the molecule is Cc1cc2occ(C(=O)N(CC(=O)O)C(C)C)c2cc1C. The van der Waals surface area contributed by atoms with E-state index in [1.165, 1.54) is 11.2 Å². The molecule has 2 aromatic rings. The van der Waals surface area contributed by atoms with Crippen molar-refractivity contribution in [2.24, 2.45) is 0 Å². The minimum Gasteiger partial charge on any atom is -0.480 e. The molecule has 0 spiro atoms. The highest BCUT2D eigenvalue weighted by atomic mass is 16.4. The van der Waals surface area contributed by atoms with Gasteiger partial charge in [0, 0.05) is 11.4 Å². The first-order valence-corrected chi connectivity index (χ1v) is 6.82. The lowest BCUT2D eigenvalue weighted by molar-refractivity contribution is -0.138. The molecular formula is C16H19NO4. The van der Waals surface area contributed by atoms with E-state index < -0.39 is 5.97 Å². The van der Waals surface area contributed by atoms with Gasteiger partial charge in [-0.1, -0.05) is 0 Å². The molecule has 1 aromatic carbocycles. The van der Waals surface area contributed by atoms with Gasteiger partial charge in [-0.3, -0.25) is 9.59 Å². The van der Waals surface area contributed by atoms with Gasteiger partial charge in [0.25, 0.3) is 5.91 Å². The summed E-state index contributed by atoms with van der Waals surface area (Å²) in [6.45, 7) is 7.20. The Morgan fingerprint density at radius 2 is 1.86 bits per heavy atom. The minimum atomic E-state index is -1.03. The molecule has 0 unspecified atom stereocenters. The standard InChI is InChI=1S/C16H19NO4/c1-9(2)17(7-15(18)19)16(20)13-8-21-14-6-11(4)10(3)5-12(13)14/h5-6,8-9H,7H2,1-4H3,(H,18,19). The molecule has 5 nitrogen and oxygen atoms in total. The van der Waals surface area contributed by atoms with Crippen molar-refractivity contribution in [2.45, 2.75) is 33.7 Å². The van der Waals surface area contributed by atoms with Crippen molar-refractivity contribution >= 4 is 22.8 Å². The van der Waals surface area contributed by atoms with Gasteiger partial charge >= 0.3 is 5.97 Å². The van der Waals surface area contributed by atoms with E-state index in [0.717, 1.165) is 16.5 Å². The first-order valence-electron chi connectivity index (χ1n) is 6.82.